The second-order valence-corrected chi connectivity index (χ2v) is 6.74. The van der Waals surface area contributed by atoms with Gasteiger partial charge in [0.2, 0.25) is 0 Å². The average molecular weight is 287 g/mol. The van der Waals surface area contributed by atoms with Gasteiger partial charge in [0, 0.05) is 18.7 Å². The Balaban J connectivity index is 1.53. The fourth-order valence-electron chi connectivity index (χ4n) is 4.01. The largest absolute Gasteiger partial charge is 0.497 e. The lowest BCUT2D eigenvalue weighted by Gasteiger charge is -2.31. The number of nitrogens with one attached hydrogen (secondary N) is 1. The predicted octanol–water partition coefficient (Wildman–Crippen LogP) is 3.23. The topological polar surface area (TPSA) is 30.5 Å². The highest BCUT2D eigenvalue weighted by atomic mass is 16.5. The number of hydrogen-bond acceptors (Lipinski definition) is 3. The van der Waals surface area contributed by atoms with Crippen molar-refractivity contribution in [2.45, 2.75) is 56.7 Å². The lowest BCUT2D eigenvalue weighted by molar-refractivity contribution is 0.0783. The molecule has 1 aromatic rings. The first-order valence-electron chi connectivity index (χ1n) is 8.39. The molecule has 3 unspecified atom stereocenters. The summed E-state index contributed by atoms with van der Waals surface area (Å²) in [5, 5.41) is 3.92. The second-order valence-electron chi connectivity index (χ2n) is 6.74. The molecule has 3 aliphatic rings. The van der Waals surface area contributed by atoms with Crippen molar-refractivity contribution in [2.24, 2.45) is 5.92 Å². The first-order chi connectivity index (χ1) is 10.3. The van der Waals surface area contributed by atoms with Gasteiger partial charge in [-0.25, -0.2) is 0 Å². The Morgan fingerprint density at radius 3 is 2.90 bits per heavy atom. The Labute approximate surface area is 127 Å². The quantitative estimate of drug-likeness (QED) is 0.922. The summed E-state index contributed by atoms with van der Waals surface area (Å²) in [6.45, 7) is 0.927. The van der Waals surface area contributed by atoms with Crippen LogP contribution in [0.1, 0.15) is 49.3 Å². The van der Waals surface area contributed by atoms with E-state index in [4.69, 9.17) is 9.47 Å². The molecule has 3 heteroatoms. The van der Waals surface area contributed by atoms with Crippen LogP contribution in [0.25, 0.3) is 0 Å². The lowest BCUT2D eigenvalue weighted by atomic mass is 9.86. The van der Waals surface area contributed by atoms with E-state index < -0.39 is 0 Å². The Kier molecular flexibility index (Phi) is 3.64. The molecule has 1 saturated carbocycles. The van der Waals surface area contributed by atoms with E-state index in [1.54, 1.807) is 7.11 Å². The molecule has 1 aliphatic heterocycles. The van der Waals surface area contributed by atoms with Crippen molar-refractivity contribution in [2.75, 3.05) is 13.7 Å². The van der Waals surface area contributed by atoms with Crippen LogP contribution in [0.2, 0.25) is 0 Å². The molecule has 114 valence electrons. The van der Waals surface area contributed by atoms with E-state index in [2.05, 4.69) is 23.5 Å². The first kappa shape index (κ1) is 13.6. The Bertz CT molecular complexity index is 512. The van der Waals surface area contributed by atoms with Gasteiger partial charge in [0.1, 0.15) is 5.75 Å². The predicted molar refractivity (Wildman–Crippen MR) is 82.7 cm³/mol. The molecule has 2 aliphatic carbocycles. The molecule has 1 heterocycles. The number of hydrogen-bond donors (Lipinski definition) is 1. The van der Waals surface area contributed by atoms with Crippen LogP contribution in [0.4, 0.5) is 0 Å². The molecule has 0 amide bonds. The average Bonchev–Trinajstić information content (AvgIpc) is 3.27. The van der Waals surface area contributed by atoms with Crippen molar-refractivity contribution in [1.82, 2.24) is 5.32 Å². The summed E-state index contributed by atoms with van der Waals surface area (Å²) < 4.78 is 11.4. The van der Waals surface area contributed by atoms with E-state index in [1.165, 1.54) is 43.2 Å². The van der Waals surface area contributed by atoms with E-state index in [9.17, 15) is 0 Å². The number of ether oxygens (including phenoxy) is 2. The Morgan fingerprint density at radius 2 is 2.10 bits per heavy atom. The number of methoxy groups -OCH3 is 1. The van der Waals surface area contributed by atoms with Gasteiger partial charge in [0.05, 0.1) is 13.2 Å². The highest BCUT2D eigenvalue weighted by Crippen LogP contribution is 2.40. The van der Waals surface area contributed by atoms with Crippen molar-refractivity contribution in [3.8, 4) is 5.75 Å². The smallest absolute Gasteiger partial charge is 0.119 e. The van der Waals surface area contributed by atoms with Crippen molar-refractivity contribution in [3.05, 3.63) is 29.3 Å². The maximum atomic E-state index is 5.98. The molecule has 0 radical (unpaired) electrons. The molecule has 1 N–H and O–H groups in total. The standard InChI is InChI=1S/C18H25NO2/c1-20-14-8-7-12-3-2-4-16(15(12)11-14)19-17-9-10-21-18(17)13-5-6-13/h7-8,11,13,16-19H,2-6,9-10H2,1H3. The van der Waals surface area contributed by atoms with Gasteiger partial charge in [0.25, 0.3) is 0 Å². The van der Waals surface area contributed by atoms with Gasteiger partial charge in [-0.1, -0.05) is 6.07 Å². The van der Waals surface area contributed by atoms with Gasteiger partial charge in [-0.3, -0.25) is 0 Å². The number of rotatable bonds is 4. The van der Waals surface area contributed by atoms with Gasteiger partial charge >= 0.3 is 0 Å². The van der Waals surface area contributed by atoms with E-state index in [-0.39, 0.29) is 0 Å². The maximum absolute atomic E-state index is 5.98. The minimum Gasteiger partial charge on any atom is -0.497 e. The molecule has 3 atom stereocenters. The highest BCUT2D eigenvalue weighted by molar-refractivity contribution is 5.39. The van der Waals surface area contributed by atoms with Gasteiger partial charge in [0.15, 0.2) is 0 Å². The molecule has 0 aromatic heterocycles. The summed E-state index contributed by atoms with van der Waals surface area (Å²) in [4.78, 5) is 0. The van der Waals surface area contributed by atoms with Crippen molar-refractivity contribution < 1.29 is 9.47 Å². The van der Waals surface area contributed by atoms with E-state index in [0.717, 1.165) is 24.7 Å². The summed E-state index contributed by atoms with van der Waals surface area (Å²) in [6.07, 6.45) is 8.05. The zero-order chi connectivity index (χ0) is 14.2. The van der Waals surface area contributed by atoms with Crippen LogP contribution in [0, 0.1) is 5.92 Å². The summed E-state index contributed by atoms with van der Waals surface area (Å²) in [6, 6.07) is 7.57. The summed E-state index contributed by atoms with van der Waals surface area (Å²) in [7, 11) is 1.75. The lowest BCUT2D eigenvalue weighted by Crippen LogP contribution is -2.41. The molecule has 3 nitrogen and oxygen atoms in total. The second kappa shape index (κ2) is 5.62. The van der Waals surface area contributed by atoms with Crippen molar-refractivity contribution >= 4 is 0 Å². The van der Waals surface area contributed by atoms with Crippen LogP contribution in [-0.2, 0) is 11.2 Å². The third kappa shape index (κ3) is 2.69. The van der Waals surface area contributed by atoms with Crippen LogP contribution < -0.4 is 10.1 Å². The minimum atomic E-state index is 0.459. The normalized spacial score (nSPS) is 32.0. The maximum Gasteiger partial charge on any atom is 0.119 e. The molecule has 0 bridgehead atoms. The van der Waals surface area contributed by atoms with Crippen LogP contribution in [0.5, 0.6) is 5.75 Å². The fraction of sp³-hybridized carbons (Fsp3) is 0.667. The van der Waals surface area contributed by atoms with Gasteiger partial charge in [-0.15, -0.1) is 0 Å². The zero-order valence-corrected chi connectivity index (χ0v) is 12.8. The monoisotopic (exact) mass is 287 g/mol. The zero-order valence-electron chi connectivity index (χ0n) is 12.8. The molecule has 21 heavy (non-hydrogen) atoms. The molecule has 2 fully saturated rings. The molecule has 0 spiro atoms. The molecule has 4 rings (SSSR count). The first-order valence-corrected chi connectivity index (χ1v) is 8.39. The van der Waals surface area contributed by atoms with Crippen molar-refractivity contribution in [3.63, 3.8) is 0 Å². The Hall–Kier alpha value is -1.06. The number of fused-ring (bicyclic) bond motifs is 1. The Morgan fingerprint density at radius 1 is 1.19 bits per heavy atom. The van der Waals surface area contributed by atoms with Crippen LogP contribution >= 0.6 is 0 Å². The van der Waals surface area contributed by atoms with Crippen molar-refractivity contribution in [1.29, 1.82) is 0 Å². The third-order valence-electron chi connectivity index (χ3n) is 5.30. The summed E-state index contributed by atoms with van der Waals surface area (Å²) >= 11 is 0. The number of benzene rings is 1. The third-order valence-corrected chi connectivity index (χ3v) is 5.30. The van der Waals surface area contributed by atoms with E-state index in [1.807, 2.05) is 0 Å². The van der Waals surface area contributed by atoms with Crippen LogP contribution in [0.3, 0.4) is 0 Å². The summed E-state index contributed by atoms with van der Waals surface area (Å²) in [5.41, 5.74) is 2.93. The molecule has 1 aromatic carbocycles. The van der Waals surface area contributed by atoms with Gasteiger partial charge < -0.3 is 14.8 Å². The van der Waals surface area contributed by atoms with E-state index in [0.29, 0.717) is 18.2 Å². The molecule has 1 saturated heterocycles. The summed E-state index contributed by atoms with van der Waals surface area (Å²) in [5.74, 6) is 1.79. The van der Waals surface area contributed by atoms with Gasteiger partial charge in [-0.2, -0.15) is 0 Å². The van der Waals surface area contributed by atoms with Crippen LogP contribution in [-0.4, -0.2) is 25.9 Å². The SMILES string of the molecule is COc1ccc2c(c1)C(NC1CCOC1C1CC1)CCC2. The minimum absolute atomic E-state index is 0.459. The van der Waals surface area contributed by atoms with Crippen LogP contribution in [0.15, 0.2) is 18.2 Å². The molecular formula is C18H25NO2. The fourth-order valence-corrected chi connectivity index (χ4v) is 4.01. The van der Waals surface area contributed by atoms with E-state index >= 15 is 0 Å². The molecular weight excluding hydrogens is 262 g/mol. The van der Waals surface area contributed by atoms with Gasteiger partial charge in [-0.05, 0) is 67.7 Å². The number of aryl methyl sites for hydroxylation is 1. The highest BCUT2D eigenvalue weighted by Gasteiger charge is 2.41.